The van der Waals surface area contributed by atoms with Crippen LogP contribution < -0.4 is 5.32 Å². The Balaban J connectivity index is 1.63. The molecule has 6 nitrogen and oxygen atoms in total. The third-order valence-corrected chi connectivity index (χ3v) is 4.97. The molecule has 1 heterocycles. The Morgan fingerprint density at radius 1 is 1.30 bits per heavy atom. The fraction of sp³-hybridized carbons (Fsp3) is 0.200. The van der Waals surface area contributed by atoms with Gasteiger partial charge in [0, 0.05) is 11.3 Å². The first-order valence-electron chi connectivity index (χ1n) is 8.58. The second-order valence-corrected chi connectivity index (χ2v) is 7.27. The molecule has 0 unspecified atom stereocenters. The van der Waals surface area contributed by atoms with Gasteiger partial charge in [0.05, 0.1) is 16.9 Å². The monoisotopic (exact) mass is 377 g/mol. The standard InChI is InChI=1S/C20H19N5OS/c1-3-14-7-9-16(10-8-14)18-23-20(25-24-18)27-13(2)19(26)22-17-6-4-5-15(11-17)12-21/h4-11,13H,3H2,1-2H3,(H,22,26)(H,23,24,25)/t13-/m0/s1. The van der Waals surface area contributed by atoms with E-state index in [1.165, 1.54) is 17.3 Å². The molecule has 27 heavy (non-hydrogen) atoms. The third-order valence-electron chi connectivity index (χ3n) is 4.01. The summed E-state index contributed by atoms with van der Waals surface area (Å²) in [7, 11) is 0. The van der Waals surface area contributed by atoms with Crippen LogP contribution in [0.15, 0.2) is 53.7 Å². The minimum absolute atomic E-state index is 0.172. The highest BCUT2D eigenvalue weighted by molar-refractivity contribution is 8.00. The largest absolute Gasteiger partial charge is 0.325 e. The number of nitrogens with one attached hydrogen (secondary N) is 2. The van der Waals surface area contributed by atoms with Gasteiger partial charge >= 0.3 is 0 Å². The van der Waals surface area contributed by atoms with E-state index in [0.29, 0.717) is 22.2 Å². The lowest BCUT2D eigenvalue weighted by Gasteiger charge is -2.10. The summed E-state index contributed by atoms with van der Waals surface area (Å²) in [5, 5.41) is 19.0. The maximum atomic E-state index is 12.4. The smallest absolute Gasteiger partial charge is 0.237 e. The van der Waals surface area contributed by atoms with Crippen LogP contribution in [-0.2, 0) is 11.2 Å². The van der Waals surface area contributed by atoms with Crippen LogP contribution in [0.25, 0.3) is 11.4 Å². The molecule has 2 aromatic carbocycles. The Labute approximate surface area is 162 Å². The molecule has 7 heteroatoms. The first-order chi connectivity index (χ1) is 13.1. The summed E-state index contributed by atoms with van der Waals surface area (Å²) in [6.07, 6.45) is 0.988. The number of aromatic nitrogens is 3. The number of thioether (sulfide) groups is 1. The molecule has 1 atom stereocenters. The van der Waals surface area contributed by atoms with Crippen molar-refractivity contribution in [1.82, 2.24) is 15.2 Å². The zero-order valence-electron chi connectivity index (χ0n) is 15.1. The first kappa shape index (κ1) is 18.7. The molecule has 0 saturated heterocycles. The lowest BCUT2D eigenvalue weighted by Crippen LogP contribution is -2.22. The van der Waals surface area contributed by atoms with Gasteiger partial charge in [-0.2, -0.15) is 5.26 Å². The number of nitriles is 1. The van der Waals surface area contributed by atoms with Gasteiger partial charge in [-0.25, -0.2) is 4.98 Å². The van der Waals surface area contributed by atoms with Gasteiger partial charge in [-0.1, -0.05) is 49.0 Å². The minimum atomic E-state index is -0.387. The van der Waals surface area contributed by atoms with Gasteiger partial charge < -0.3 is 5.32 Å². The first-order valence-corrected chi connectivity index (χ1v) is 9.46. The highest BCUT2D eigenvalue weighted by Gasteiger charge is 2.18. The second-order valence-electron chi connectivity index (χ2n) is 5.96. The molecule has 0 radical (unpaired) electrons. The fourth-order valence-electron chi connectivity index (χ4n) is 2.45. The van der Waals surface area contributed by atoms with Crippen LogP contribution in [0, 0.1) is 11.3 Å². The van der Waals surface area contributed by atoms with Gasteiger partial charge in [0.25, 0.3) is 0 Å². The molecule has 0 aliphatic rings. The Morgan fingerprint density at radius 2 is 2.07 bits per heavy atom. The van der Waals surface area contributed by atoms with E-state index in [2.05, 4.69) is 45.6 Å². The number of aromatic amines is 1. The molecule has 1 aromatic heterocycles. The van der Waals surface area contributed by atoms with Crippen molar-refractivity contribution in [3.63, 3.8) is 0 Å². The van der Waals surface area contributed by atoms with E-state index in [-0.39, 0.29) is 11.2 Å². The van der Waals surface area contributed by atoms with Crippen molar-refractivity contribution in [2.24, 2.45) is 0 Å². The molecule has 136 valence electrons. The quantitative estimate of drug-likeness (QED) is 0.633. The number of benzene rings is 2. The Bertz CT molecular complexity index is 975. The normalized spacial score (nSPS) is 11.6. The van der Waals surface area contributed by atoms with Crippen LogP contribution in [0.1, 0.15) is 25.0 Å². The van der Waals surface area contributed by atoms with Crippen molar-refractivity contribution in [2.45, 2.75) is 30.7 Å². The Hall–Kier alpha value is -3.11. The van der Waals surface area contributed by atoms with Crippen LogP contribution >= 0.6 is 11.8 Å². The summed E-state index contributed by atoms with van der Waals surface area (Å²) in [6.45, 7) is 3.90. The maximum Gasteiger partial charge on any atom is 0.237 e. The highest BCUT2D eigenvalue weighted by Crippen LogP contribution is 2.24. The number of carbonyl (C=O) groups excluding carboxylic acids is 1. The number of hydrogen-bond acceptors (Lipinski definition) is 5. The number of H-pyrrole nitrogens is 1. The van der Waals surface area contributed by atoms with Crippen molar-refractivity contribution < 1.29 is 4.79 Å². The lowest BCUT2D eigenvalue weighted by atomic mass is 10.1. The summed E-state index contributed by atoms with van der Waals surface area (Å²) >= 11 is 1.27. The number of aryl methyl sites for hydroxylation is 1. The molecule has 0 fully saturated rings. The van der Waals surface area contributed by atoms with Gasteiger partial charge in [0.2, 0.25) is 11.1 Å². The molecule has 3 aromatic rings. The minimum Gasteiger partial charge on any atom is -0.325 e. The number of carbonyl (C=O) groups is 1. The van der Waals surface area contributed by atoms with E-state index in [9.17, 15) is 4.79 Å². The van der Waals surface area contributed by atoms with Crippen molar-refractivity contribution in [3.8, 4) is 17.5 Å². The van der Waals surface area contributed by atoms with E-state index in [1.54, 1.807) is 31.2 Å². The van der Waals surface area contributed by atoms with E-state index < -0.39 is 0 Å². The van der Waals surface area contributed by atoms with Crippen molar-refractivity contribution in [2.75, 3.05) is 5.32 Å². The van der Waals surface area contributed by atoms with Gasteiger partial charge in [-0.3, -0.25) is 9.89 Å². The Kier molecular flexibility index (Phi) is 5.89. The second kappa shape index (κ2) is 8.52. The number of rotatable bonds is 6. The topological polar surface area (TPSA) is 94.5 Å². The highest BCUT2D eigenvalue weighted by atomic mass is 32.2. The molecule has 0 spiro atoms. The van der Waals surface area contributed by atoms with Crippen LogP contribution in [-0.4, -0.2) is 26.3 Å². The molecule has 3 rings (SSSR count). The molecular weight excluding hydrogens is 358 g/mol. The summed E-state index contributed by atoms with van der Waals surface area (Å²) < 4.78 is 0. The molecule has 1 amide bonds. The third kappa shape index (κ3) is 4.74. The van der Waals surface area contributed by atoms with Gasteiger partial charge in [-0.15, -0.1) is 5.10 Å². The lowest BCUT2D eigenvalue weighted by molar-refractivity contribution is -0.115. The summed E-state index contributed by atoms with van der Waals surface area (Å²) in [6, 6.07) is 17.0. The van der Waals surface area contributed by atoms with Gasteiger partial charge in [0.1, 0.15) is 0 Å². The van der Waals surface area contributed by atoms with E-state index in [4.69, 9.17) is 5.26 Å². The van der Waals surface area contributed by atoms with E-state index >= 15 is 0 Å². The number of anilines is 1. The zero-order chi connectivity index (χ0) is 19.2. The summed E-state index contributed by atoms with van der Waals surface area (Å²) in [4.78, 5) is 16.8. The molecule has 0 aliphatic carbocycles. The molecular formula is C20H19N5OS. The van der Waals surface area contributed by atoms with Gasteiger partial charge in [-0.05, 0) is 37.1 Å². The van der Waals surface area contributed by atoms with Crippen molar-refractivity contribution in [1.29, 1.82) is 5.26 Å². The van der Waals surface area contributed by atoms with E-state index in [1.807, 2.05) is 12.1 Å². The molecule has 0 aliphatic heterocycles. The molecule has 2 N–H and O–H groups in total. The van der Waals surface area contributed by atoms with Crippen LogP contribution in [0.2, 0.25) is 0 Å². The van der Waals surface area contributed by atoms with E-state index in [0.717, 1.165) is 12.0 Å². The molecule has 0 bridgehead atoms. The SMILES string of the molecule is CCc1ccc(-c2nc(S[C@@H](C)C(=O)Nc3cccc(C#N)c3)n[nH]2)cc1. The van der Waals surface area contributed by atoms with Crippen molar-refractivity contribution >= 4 is 23.4 Å². The Morgan fingerprint density at radius 3 is 2.78 bits per heavy atom. The van der Waals surface area contributed by atoms with Crippen molar-refractivity contribution in [3.05, 3.63) is 59.7 Å². The van der Waals surface area contributed by atoms with Crippen LogP contribution in [0.4, 0.5) is 5.69 Å². The predicted molar refractivity (Wildman–Crippen MR) is 106 cm³/mol. The average molecular weight is 377 g/mol. The predicted octanol–water partition coefficient (Wildman–Crippen LogP) is 4.03. The number of hydrogen-bond donors (Lipinski definition) is 2. The fourth-order valence-corrected chi connectivity index (χ4v) is 3.17. The summed E-state index contributed by atoms with van der Waals surface area (Å²) in [5.41, 5.74) is 3.31. The van der Waals surface area contributed by atoms with Crippen LogP contribution in [0.5, 0.6) is 0 Å². The zero-order valence-corrected chi connectivity index (χ0v) is 15.9. The summed E-state index contributed by atoms with van der Waals surface area (Å²) in [5.74, 6) is 0.503. The number of amides is 1. The molecule has 0 saturated carbocycles. The van der Waals surface area contributed by atoms with Gasteiger partial charge in [0.15, 0.2) is 5.82 Å². The maximum absolute atomic E-state index is 12.4. The number of nitrogens with zero attached hydrogens (tertiary/aromatic N) is 3. The average Bonchev–Trinajstić information content (AvgIpc) is 3.16. The van der Waals surface area contributed by atoms with Crippen LogP contribution in [0.3, 0.4) is 0 Å².